The fourth-order valence-corrected chi connectivity index (χ4v) is 3.93. The Kier molecular flexibility index (Phi) is 5.93. The molecule has 2 fully saturated rings. The van der Waals surface area contributed by atoms with Crippen LogP contribution < -0.4 is 9.47 Å². The van der Waals surface area contributed by atoms with E-state index in [1.165, 1.54) is 0 Å². The molecule has 2 amide bonds. The molecule has 2 aromatic rings. The summed E-state index contributed by atoms with van der Waals surface area (Å²) in [4.78, 5) is 29.3. The molecule has 2 aliphatic rings. The Morgan fingerprint density at radius 3 is 2.27 bits per heavy atom. The van der Waals surface area contributed by atoms with Gasteiger partial charge in [-0.25, -0.2) is 0 Å². The van der Waals surface area contributed by atoms with Crippen molar-refractivity contribution in [2.24, 2.45) is 5.92 Å². The highest BCUT2D eigenvalue weighted by Gasteiger charge is 2.35. The zero-order valence-electron chi connectivity index (χ0n) is 17.6. The molecule has 0 atom stereocenters. The van der Waals surface area contributed by atoms with Crippen LogP contribution in [0.4, 0.5) is 0 Å². The van der Waals surface area contributed by atoms with Gasteiger partial charge in [0.15, 0.2) is 11.5 Å². The highest BCUT2D eigenvalue weighted by molar-refractivity contribution is 5.97. The number of benzene rings is 2. The maximum absolute atomic E-state index is 13.3. The lowest BCUT2D eigenvalue weighted by molar-refractivity contribution is -0.134. The monoisotopic (exact) mass is 408 g/mol. The van der Waals surface area contributed by atoms with E-state index in [4.69, 9.17) is 9.47 Å². The first kappa shape index (κ1) is 20.3. The number of hydrogen-bond donors (Lipinski definition) is 0. The second-order valence-electron chi connectivity index (χ2n) is 7.75. The smallest absolute Gasteiger partial charge is 0.254 e. The predicted octanol–water partition coefficient (Wildman–Crippen LogP) is 3.46. The van der Waals surface area contributed by atoms with Crippen LogP contribution in [0.5, 0.6) is 11.5 Å². The lowest BCUT2D eigenvalue weighted by atomic mass is 10.00. The summed E-state index contributed by atoms with van der Waals surface area (Å²) < 4.78 is 11.4. The number of piperazine rings is 1. The van der Waals surface area contributed by atoms with Crippen molar-refractivity contribution < 1.29 is 19.1 Å². The molecule has 0 radical (unpaired) electrons. The van der Waals surface area contributed by atoms with Gasteiger partial charge in [-0.2, -0.15) is 0 Å². The number of carbonyl (C=O) groups excluding carboxylic acids is 2. The number of hydrogen-bond acceptors (Lipinski definition) is 4. The zero-order chi connectivity index (χ0) is 21.1. The van der Waals surface area contributed by atoms with E-state index >= 15 is 0 Å². The molecule has 30 heavy (non-hydrogen) atoms. The third kappa shape index (κ3) is 4.13. The molecule has 1 aliphatic carbocycles. The van der Waals surface area contributed by atoms with Crippen molar-refractivity contribution in [2.45, 2.75) is 19.8 Å². The van der Waals surface area contributed by atoms with Gasteiger partial charge < -0.3 is 19.3 Å². The number of methoxy groups -OCH3 is 1. The van der Waals surface area contributed by atoms with Crippen LogP contribution in [-0.4, -0.2) is 61.5 Å². The fourth-order valence-electron chi connectivity index (χ4n) is 3.93. The summed E-state index contributed by atoms with van der Waals surface area (Å²) in [6, 6.07) is 13.5. The van der Waals surface area contributed by atoms with Gasteiger partial charge in [-0.05, 0) is 37.5 Å². The Morgan fingerprint density at radius 1 is 1.00 bits per heavy atom. The number of nitrogens with zero attached hydrogens (tertiary/aromatic N) is 2. The second-order valence-corrected chi connectivity index (χ2v) is 7.75. The van der Waals surface area contributed by atoms with E-state index < -0.39 is 0 Å². The van der Waals surface area contributed by atoms with Crippen LogP contribution in [-0.2, 0) is 4.79 Å². The van der Waals surface area contributed by atoms with Crippen molar-refractivity contribution in [3.63, 3.8) is 0 Å². The van der Waals surface area contributed by atoms with Crippen molar-refractivity contribution in [1.82, 2.24) is 9.80 Å². The summed E-state index contributed by atoms with van der Waals surface area (Å²) >= 11 is 0. The first-order chi connectivity index (χ1) is 14.6. The van der Waals surface area contributed by atoms with E-state index in [1.54, 1.807) is 13.2 Å². The van der Waals surface area contributed by atoms with E-state index in [0.717, 1.165) is 24.0 Å². The third-order valence-electron chi connectivity index (χ3n) is 5.70. The topological polar surface area (TPSA) is 59.1 Å². The SMILES string of the molecule is CCOc1cc(C(=O)N2CCN(C(=O)C3CC3)CC2)cc(-c2ccccc2)c1OC. The van der Waals surface area contributed by atoms with E-state index in [2.05, 4.69) is 0 Å². The molecule has 0 bridgehead atoms. The standard InChI is InChI=1S/C24H28N2O4/c1-3-30-21-16-19(15-20(22(21)29-2)17-7-5-4-6-8-17)24(28)26-13-11-25(12-14-26)23(27)18-9-10-18/h4-8,15-16,18H,3,9-14H2,1-2H3. The summed E-state index contributed by atoms with van der Waals surface area (Å²) in [6.07, 6.45) is 2.01. The van der Waals surface area contributed by atoms with Gasteiger partial charge in [0, 0.05) is 43.2 Å². The largest absolute Gasteiger partial charge is 0.492 e. The minimum atomic E-state index is -0.0469. The summed E-state index contributed by atoms with van der Waals surface area (Å²) in [5.74, 6) is 1.61. The first-order valence-electron chi connectivity index (χ1n) is 10.6. The number of ether oxygens (including phenoxy) is 2. The van der Waals surface area contributed by atoms with Crippen molar-refractivity contribution in [1.29, 1.82) is 0 Å². The molecule has 0 unspecified atom stereocenters. The molecule has 0 N–H and O–H groups in total. The molecule has 158 valence electrons. The van der Waals surface area contributed by atoms with Crippen LogP contribution in [0, 0.1) is 5.92 Å². The maximum Gasteiger partial charge on any atom is 0.254 e. The van der Waals surface area contributed by atoms with E-state index in [-0.39, 0.29) is 17.7 Å². The van der Waals surface area contributed by atoms with Crippen molar-refractivity contribution in [3.05, 3.63) is 48.0 Å². The summed E-state index contributed by atoms with van der Waals surface area (Å²) in [6.45, 7) is 4.68. The molecular formula is C24H28N2O4. The number of carbonyl (C=O) groups is 2. The van der Waals surface area contributed by atoms with Gasteiger partial charge in [0.25, 0.3) is 5.91 Å². The van der Waals surface area contributed by atoms with E-state index in [0.29, 0.717) is 49.8 Å². The lowest BCUT2D eigenvalue weighted by Gasteiger charge is -2.35. The van der Waals surface area contributed by atoms with Gasteiger partial charge in [-0.1, -0.05) is 30.3 Å². The van der Waals surface area contributed by atoms with Crippen LogP contribution in [0.15, 0.2) is 42.5 Å². The molecule has 1 heterocycles. The normalized spacial score (nSPS) is 16.3. The summed E-state index contributed by atoms with van der Waals surface area (Å²) in [7, 11) is 1.61. The zero-order valence-corrected chi connectivity index (χ0v) is 17.6. The van der Waals surface area contributed by atoms with Gasteiger partial charge in [-0.3, -0.25) is 9.59 Å². The maximum atomic E-state index is 13.3. The Hall–Kier alpha value is -3.02. The van der Waals surface area contributed by atoms with Crippen molar-refractivity contribution >= 4 is 11.8 Å². The fraction of sp³-hybridized carbons (Fsp3) is 0.417. The van der Waals surface area contributed by atoms with Crippen molar-refractivity contribution in [2.75, 3.05) is 39.9 Å². The average molecular weight is 408 g/mol. The second kappa shape index (κ2) is 8.78. The van der Waals surface area contributed by atoms with Crippen LogP contribution in [0.3, 0.4) is 0 Å². The molecular weight excluding hydrogens is 380 g/mol. The minimum absolute atomic E-state index is 0.0469. The van der Waals surface area contributed by atoms with Gasteiger partial charge in [0.2, 0.25) is 5.91 Å². The van der Waals surface area contributed by atoms with Crippen LogP contribution in [0.2, 0.25) is 0 Å². The highest BCUT2D eigenvalue weighted by Crippen LogP contribution is 2.40. The molecule has 4 rings (SSSR count). The molecule has 1 saturated carbocycles. The predicted molar refractivity (Wildman–Crippen MR) is 115 cm³/mol. The van der Waals surface area contributed by atoms with Gasteiger partial charge in [0.05, 0.1) is 13.7 Å². The van der Waals surface area contributed by atoms with Gasteiger partial charge in [0.1, 0.15) is 0 Å². The molecule has 0 aromatic heterocycles. The Balaban J connectivity index is 1.59. The average Bonchev–Trinajstić information content (AvgIpc) is 3.64. The third-order valence-corrected chi connectivity index (χ3v) is 5.70. The summed E-state index contributed by atoms with van der Waals surface area (Å²) in [5, 5.41) is 0. The van der Waals surface area contributed by atoms with Gasteiger partial charge >= 0.3 is 0 Å². The molecule has 1 saturated heterocycles. The number of rotatable bonds is 6. The molecule has 0 spiro atoms. The quantitative estimate of drug-likeness (QED) is 0.735. The Labute approximate surface area is 177 Å². The first-order valence-corrected chi connectivity index (χ1v) is 10.6. The van der Waals surface area contributed by atoms with E-state index in [1.807, 2.05) is 53.1 Å². The molecule has 2 aromatic carbocycles. The Morgan fingerprint density at radius 2 is 1.67 bits per heavy atom. The molecule has 1 aliphatic heterocycles. The molecule has 6 nitrogen and oxygen atoms in total. The molecule has 6 heteroatoms. The van der Waals surface area contributed by atoms with Gasteiger partial charge in [-0.15, -0.1) is 0 Å². The number of amides is 2. The van der Waals surface area contributed by atoms with E-state index in [9.17, 15) is 9.59 Å². The van der Waals surface area contributed by atoms with Crippen LogP contribution in [0.25, 0.3) is 11.1 Å². The minimum Gasteiger partial charge on any atom is -0.492 e. The lowest BCUT2D eigenvalue weighted by Crippen LogP contribution is -2.51. The van der Waals surface area contributed by atoms with Crippen LogP contribution >= 0.6 is 0 Å². The highest BCUT2D eigenvalue weighted by atomic mass is 16.5. The van der Waals surface area contributed by atoms with Crippen LogP contribution in [0.1, 0.15) is 30.1 Å². The Bertz CT molecular complexity index is 916. The van der Waals surface area contributed by atoms with Crippen molar-refractivity contribution in [3.8, 4) is 22.6 Å². The summed E-state index contributed by atoms with van der Waals surface area (Å²) in [5.41, 5.74) is 2.36.